The van der Waals surface area contributed by atoms with Crippen molar-refractivity contribution >= 4 is 0 Å². The van der Waals surface area contributed by atoms with Crippen molar-refractivity contribution < 1.29 is 26.4 Å². The van der Waals surface area contributed by atoms with E-state index in [0.717, 1.165) is 30.8 Å². The molecule has 0 bridgehead atoms. The first kappa shape index (κ1) is 47.8. The van der Waals surface area contributed by atoms with Crippen molar-refractivity contribution in [3.63, 3.8) is 0 Å². The molecule has 1 unspecified atom stereocenters. The number of likely N-dealkylation sites (N-methyl/N-ethyl adjacent to an activating group) is 1. The van der Waals surface area contributed by atoms with Crippen molar-refractivity contribution in [1.82, 2.24) is 0 Å². The van der Waals surface area contributed by atoms with Gasteiger partial charge in [-0.05, 0) is 64.2 Å². The molecule has 4 heteroatoms. The minimum absolute atomic E-state index is 0. The van der Waals surface area contributed by atoms with E-state index >= 15 is 0 Å². The van der Waals surface area contributed by atoms with Gasteiger partial charge in [-0.25, -0.2) is 0 Å². The van der Waals surface area contributed by atoms with Gasteiger partial charge < -0.3 is 26.4 Å². The van der Waals surface area contributed by atoms with Gasteiger partial charge in [0.25, 0.3) is 0 Å². The number of ether oxygens (including phenoxy) is 2. The molecule has 0 aromatic carbocycles. The van der Waals surface area contributed by atoms with Crippen LogP contribution in [0.4, 0.5) is 0 Å². The van der Waals surface area contributed by atoms with E-state index in [1.165, 1.54) is 180 Å². The summed E-state index contributed by atoms with van der Waals surface area (Å²) in [7, 11) is 6.77. The zero-order valence-corrected chi connectivity index (χ0v) is 32.9. The first-order valence-corrected chi connectivity index (χ1v) is 20.3. The van der Waals surface area contributed by atoms with Crippen LogP contribution in [0.2, 0.25) is 0 Å². The van der Waals surface area contributed by atoms with Gasteiger partial charge in [0, 0.05) is 13.2 Å². The van der Waals surface area contributed by atoms with Crippen molar-refractivity contribution in [1.29, 1.82) is 0 Å². The Kier molecular flexibility index (Phi) is 40.6. The van der Waals surface area contributed by atoms with Crippen LogP contribution in [-0.2, 0) is 9.47 Å². The molecular weight excluding hydrogens is 586 g/mol. The van der Waals surface area contributed by atoms with Gasteiger partial charge in [-0.2, -0.15) is 0 Å². The molecule has 0 spiro atoms. The van der Waals surface area contributed by atoms with E-state index in [2.05, 4.69) is 59.3 Å². The van der Waals surface area contributed by atoms with Crippen LogP contribution < -0.4 is 12.4 Å². The summed E-state index contributed by atoms with van der Waals surface area (Å²) in [6.45, 7) is 8.10. The number of halogens is 1. The maximum absolute atomic E-state index is 6.32. The average molecular weight is 671 g/mol. The number of hydrogen-bond donors (Lipinski definition) is 0. The summed E-state index contributed by atoms with van der Waals surface area (Å²) in [4.78, 5) is 0. The highest BCUT2D eigenvalue weighted by Crippen LogP contribution is 2.12. The van der Waals surface area contributed by atoms with Crippen molar-refractivity contribution in [2.45, 2.75) is 200 Å². The van der Waals surface area contributed by atoms with Gasteiger partial charge in [0.05, 0.1) is 27.7 Å². The van der Waals surface area contributed by atoms with Crippen LogP contribution in [0, 0.1) is 0 Å². The van der Waals surface area contributed by atoms with E-state index in [1.807, 2.05) is 0 Å². The molecule has 0 N–H and O–H groups in total. The second-order valence-electron chi connectivity index (χ2n) is 14.9. The molecule has 0 fully saturated rings. The third kappa shape index (κ3) is 41.7. The average Bonchev–Trinajstić information content (AvgIpc) is 3.01. The van der Waals surface area contributed by atoms with Crippen LogP contribution in [0.1, 0.15) is 194 Å². The number of hydrogen-bond acceptors (Lipinski definition) is 2. The molecular formula is C42H84ClNO2. The fourth-order valence-electron chi connectivity index (χ4n) is 6.03. The Hall–Kier alpha value is -0.350. The van der Waals surface area contributed by atoms with E-state index in [4.69, 9.17) is 9.47 Å². The molecule has 0 aromatic rings. The predicted octanol–water partition coefficient (Wildman–Crippen LogP) is 10.2. The van der Waals surface area contributed by atoms with Crippen LogP contribution >= 0.6 is 0 Å². The van der Waals surface area contributed by atoms with E-state index in [1.54, 1.807) is 0 Å². The first-order chi connectivity index (χ1) is 22.0. The summed E-state index contributed by atoms with van der Waals surface area (Å²) in [6.07, 6.45) is 47.6. The second-order valence-corrected chi connectivity index (χ2v) is 14.9. The third-order valence-corrected chi connectivity index (χ3v) is 8.87. The number of unbranched alkanes of at least 4 members (excludes halogenated alkanes) is 24. The molecule has 0 aliphatic heterocycles. The molecule has 3 nitrogen and oxygen atoms in total. The Morgan fingerprint density at radius 2 is 0.761 bits per heavy atom. The molecule has 0 saturated carbocycles. The van der Waals surface area contributed by atoms with Crippen LogP contribution in [-0.4, -0.2) is 58.1 Å². The van der Waals surface area contributed by atoms with Crippen molar-refractivity contribution in [3.05, 3.63) is 24.3 Å². The Morgan fingerprint density at radius 3 is 1.13 bits per heavy atom. The molecule has 46 heavy (non-hydrogen) atoms. The number of nitrogens with zero attached hydrogens (tertiary/aromatic N) is 1. The molecule has 0 rings (SSSR count). The topological polar surface area (TPSA) is 18.5 Å². The fourth-order valence-corrected chi connectivity index (χ4v) is 6.03. The largest absolute Gasteiger partial charge is 1.00 e. The quantitative estimate of drug-likeness (QED) is 0.0372. The predicted molar refractivity (Wildman–Crippen MR) is 202 cm³/mol. The summed E-state index contributed by atoms with van der Waals surface area (Å²) in [5.74, 6) is 0. The van der Waals surface area contributed by atoms with Crippen LogP contribution in [0.15, 0.2) is 24.3 Å². The number of rotatable bonds is 37. The lowest BCUT2D eigenvalue weighted by molar-refractivity contribution is -0.873. The van der Waals surface area contributed by atoms with Crippen molar-refractivity contribution in [3.8, 4) is 0 Å². The molecule has 0 heterocycles. The van der Waals surface area contributed by atoms with E-state index in [9.17, 15) is 0 Å². The minimum atomic E-state index is 0. The standard InChI is InChI=1S/C42H84NO2.ClH/c1-6-8-10-12-14-16-18-20-22-24-26-28-30-32-34-36-38-44-41-42(40-43(3,4)5)45-39-37-35-33-31-29-27-25-23-21-19-17-15-13-11-9-7-2;/h20-23,42H,6-19,24-41H2,1-5H3;1H/q+1;/p-1/b22-20+,23-21+;. The zero-order valence-electron chi connectivity index (χ0n) is 32.2. The highest BCUT2D eigenvalue weighted by Gasteiger charge is 2.19. The summed E-state index contributed by atoms with van der Waals surface area (Å²) < 4.78 is 13.3. The highest BCUT2D eigenvalue weighted by molar-refractivity contribution is 4.82. The van der Waals surface area contributed by atoms with E-state index < -0.39 is 0 Å². The monoisotopic (exact) mass is 670 g/mol. The van der Waals surface area contributed by atoms with Crippen molar-refractivity contribution in [2.75, 3.05) is 47.5 Å². The Morgan fingerprint density at radius 1 is 0.435 bits per heavy atom. The van der Waals surface area contributed by atoms with Gasteiger partial charge in [-0.3, -0.25) is 0 Å². The molecule has 0 amide bonds. The molecule has 276 valence electrons. The molecule has 1 atom stereocenters. The van der Waals surface area contributed by atoms with Gasteiger partial charge in [0.1, 0.15) is 12.6 Å². The van der Waals surface area contributed by atoms with Gasteiger partial charge in [0.2, 0.25) is 0 Å². The number of allylic oxidation sites excluding steroid dienone is 4. The summed E-state index contributed by atoms with van der Waals surface area (Å²) in [5.41, 5.74) is 0. The van der Waals surface area contributed by atoms with Gasteiger partial charge >= 0.3 is 0 Å². The van der Waals surface area contributed by atoms with E-state index in [-0.39, 0.29) is 18.5 Å². The normalized spacial score (nSPS) is 12.8. The summed E-state index contributed by atoms with van der Waals surface area (Å²) in [6, 6.07) is 0. The maximum Gasteiger partial charge on any atom is 0.130 e. The van der Waals surface area contributed by atoms with Crippen LogP contribution in [0.3, 0.4) is 0 Å². The number of quaternary nitrogens is 1. The van der Waals surface area contributed by atoms with Crippen LogP contribution in [0.5, 0.6) is 0 Å². The van der Waals surface area contributed by atoms with E-state index in [0.29, 0.717) is 0 Å². The Balaban J connectivity index is 0. The lowest BCUT2D eigenvalue weighted by Gasteiger charge is -2.29. The highest BCUT2D eigenvalue weighted by atomic mass is 35.5. The molecule has 0 saturated heterocycles. The zero-order chi connectivity index (χ0) is 32.9. The maximum atomic E-state index is 6.32. The van der Waals surface area contributed by atoms with Gasteiger partial charge in [0.15, 0.2) is 0 Å². The van der Waals surface area contributed by atoms with Crippen LogP contribution in [0.25, 0.3) is 0 Å². The lowest BCUT2D eigenvalue weighted by atomic mass is 10.1. The summed E-state index contributed by atoms with van der Waals surface area (Å²) >= 11 is 0. The SMILES string of the molecule is CCCCCCCC/C=C/CCCCCCCCOCC(C[N+](C)(C)C)OCCCCCCCC/C=C/CCCCCCCC.[Cl-]. The Labute approximate surface area is 297 Å². The molecule has 0 aliphatic carbocycles. The Bertz CT molecular complexity index is 615. The minimum Gasteiger partial charge on any atom is -1.00 e. The molecule has 0 radical (unpaired) electrons. The lowest BCUT2D eigenvalue weighted by Crippen LogP contribution is -3.00. The molecule has 0 aromatic heterocycles. The van der Waals surface area contributed by atoms with Gasteiger partial charge in [-0.15, -0.1) is 0 Å². The molecule has 0 aliphatic rings. The van der Waals surface area contributed by atoms with Gasteiger partial charge in [-0.1, -0.05) is 154 Å². The second kappa shape index (κ2) is 39.1. The first-order valence-electron chi connectivity index (χ1n) is 20.3. The summed E-state index contributed by atoms with van der Waals surface area (Å²) in [5, 5.41) is 0. The smallest absolute Gasteiger partial charge is 0.130 e. The van der Waals surface area contributed by atoms with Crippen molar-refractivity contribution in [2.24, 2.45) is 0 Å². The fraction of sp³-hybridized carbons (Fsp3) is 0.905. The third-order valence-electron chi connectivity index (χ3n) is 8.87.